The minimum absolute atomic E-state index is 0.0137. The van der Waals surface area contributed by atoms with E-state index in [0.29, 0.717) is 0 Å². The Morgan fingerprint density at radius 2 is 0.850 bits per heavy atom. The third kappa shape index (κ3) is 5.89. The molecule has 1 saturated heterocycles. The Morgan fingerprint density at radius 3 is 1.42 bits per heavy atom. The molecule has 0 spiro atoms. The quantitative estimate of drug-likeness (QED) is 0.158. The van der Waals surface area contributed by atoms with Gasteiger partial charge < -0.3 is 9.13 Å². The summed E-state index contributed by atoms with van der Waals surface area (Å²) in [6, 6.07) is 68.9. The minimum Gasteiger partial charge on any atom is -0.309 e. The molecule has 2 atom stereocenters. The van der Waals surface area contributed by atoms with Crippen molar-refractivity contribution in [2.45, 2.75) is 31.3 Å². The third-order valence-electron chi connectivity index (χ3n) is 12.7. The molecular formula is C55H43N5. The largest absolute Gasteiger partial charge is 0.309 e. The molecule has 1 aliphatic heterocycles. The summed E-state index contributed by atoms with van der Waals surface area (Å²) >= 11 is 0. The van der Waals surface area contributed by atoms with Crippen LogP contribution < -0.4 is 16.0 Å². The van der Waals surface area contributed by atoms with Crippen molar-refractivity contribution in [1.29, 1.82) is 0 Å². The van der Waals surface area contributed by atoms with Crippen LogP contribution in [0.3, 0.4) is 0 Å². The molecule has 2 aromatic heterocycles. The van der Waals surface area contributed by atoms with Crippen molar-refractivity contribution in [1.82, 2.24) is 25.1 Å². The monoisotopic (exact) mass is 773 g/mol. The van der Waals surface area contributed by atoms with E-state index in [0.717, 1.165) is 18.5 Å². The number of fused-ring (bicyclic) bond motifs is 7. The molecule has 10 aromatic rings. The highest BCUT2D eigenvalue weighted by Gasteiger charge is 2.29. The van der Waals surface area contributed by atoms with Crippen molar-refractivity contribution in [2.75, 3.05) is 0 Å². The molecule has 0 bridgehead atoms. The number of allylic oxidation sites excluding steroid dienone is 1. The van der Waals surface area contributed by atoms with Gasteiger partial charge in [-0.05, 0) is 112 Å². The third-order valence-corrected chi connectivity index (χ3v) is 12.7. The van der Waals surface area contributed by atoms with Crippen molar-refractivity contribution in [3.63, 3.8) is 0 Å². The number of para-hydroxylation sites is 2. The summed E-state index contributed by atoms with van der Waals surface area (Å²) in [7, 11) is 0. The van der Waals surface area contributed by atoms with Gasteiger partial charge in [-0.2, -0.15) is 0 Å². The lowest BCUT2D eigenvalue weighted by Gasteiger charge is -2.39. The SMILES string of the molecule is C1=Cc2ccc(-n3c4ccccc4c4cc(-c5ccc6c(c5)c5ccccc5n6-c5ccc(C6NC(c7ccccc7)NC(c7ccccc7)N6)cc5)ccc43)cc2CC1. The van der Waals surface area contributed by atoms with Crippen molar-refractivity contribution in [3.05, 3.63) is 222 Å². The molecule has 60 heavy (non-hydrogen) atoms. The predicted octanol–water partition coefficient (Wildman–Crippen LogP) is 12.7. The van der Waals surface area contributed by atoms with Crippen LogP contribution in [0.4, 0.5) is 0 Å². The van der Waals surface area contributed by atoms with Crippen LogP contribution in [0.1, 0.15) is 52.7 Å². The van der Waals surface area contributed by atoms with E-state index in [9.17, 15) is 0 Å². The number of hydrogen-bond acceptors (Lipinski definition) is 3. The van der Waals surface area contributed by atoms with Crippen LogP contribution in [-0.2, 0) is 6.42 Å². The molecule has 3 heterocycles. The zero-order valence-corrected chi connectivity index (χ0v) is 33.1. The van der Waals surface area contributed by atoms with Crippen LogP contribution in [0.2, 0.25) is 0 Å². The second-order valence-electron chi connectivity index (χ2n) is 16.2. The van der Waals surface area contributed by atoms with Crippen LogP contribution in [0.5, 0.6) is 0 Å². The molecule has 0 amide bonds. The van der Waals surface area contributed by atoms with Crippen molar-refractivity contribution >= 4 is 49.7 Å². The first-order valence-corrected chi connectivity index (χ1v) is 21.1. The molecule has 1 fully saturated rings. The number of aryl methyl sites for hydroxylation is 1. The number of hydrogen-bond donors (Lipinski definition) is 3. The van der Waals surface area contributed by atoms with Crippen LogP contribution in [0.25, 0.3) is 72.2 Å². The smallest absolute Gasteiger partial charge is 0.0864 e. The molecule has 1 aliphatic carbocycles. The van der Waals surface area contributed by atoms with Gasteiger partial charge in [-0.15, -0.1) is 0 Å². The molecule has 2 aliphatic rings. The van der Waals surface area contributed by atoms with Gasteiger partial charge in [-0.3, -0.25) is 16.0 Å². The number of rotatable bonds is 6. The number of nitrogens with one attached hydrogen (secondary N) is 3. The van der Waals surface area contributed by atoms with E-state index >= 15 is 0 Å². The summed E-state index contributed by atoms with van der Waals surface area (Å²) in [6.07, 6.45) is 6.65. The number of aromatic nitrogens is 2. The molecule has 288 valence electrons. The van der Waals surface area contributed by atoms with Crippen LogP contribution in [-0.4, -0.2) is 9.13 Å². The Kier molecular flexibility index (Phi) is 8.37. The van der Waals surface area contributed by atoms with Gasteiger partial charge in [0.25, 0.3) is 0 Å². The molecule has 5 heteroatoms. The summed E-state index contributed by atoms with van der Waals surface area (Å²) in [4.78, 5) is 0. The second kappa shape index (κ2) is 14.4. The Balaban J connectivity index is 0.910. The maximum atomic E-state index is 3.83. The maximum absolute atomic E-state index is 3.83. The molecule has 2 unspecified atom stereocenters. The van der Waals surface area contributed by atoms with E-state index < -0.39 is 0 Å². The molecule has 0 radical (unpaired) electrons. The Bertz CT molecular complexity index is 3200. The molecular weight excluding hydrogens is 731 g/mol. The van der Waals surface area contributed by atoms with Gasteiger partial charge in [0.15, 0.2) is 0 Å². The first-order chi connectivity index (χ1) is 29.7. The van der Waals surface area contributed by atoms with E-state index in [2.05, 4.69) is 225 Å². The molecule has 12 rings (SSSR count). The zero-order chi connectivity index (χ0) is 39.6. The van der Waals surface area contributed by atoms with Crippen LogP contribution in [0, 0.1) is 0 Å². The average molecular weight is 774 g/mol. The van der Waals surface area contributed by atoms with Gasteiger partial charge in [0.2, 0.25) is 0 Å². The Labute approximate surface area is 349 Å². The summed E-state index contributed by atoms with van der Waals surface area (Å²) in [6.45, 7) is 0. The standard InChI is InChI=1S/C55H43N5/c1-3-14-37(15-4-1)53-56-54(38-16-5-2-6-17-38)58-55(57-53)39-24-28-43(29-25-39)59-49-21-11-9-19-45(49)47-34-41(26-31-51(47)59)42-27-32-52-48(35-42)46-20-10-12-22-50(46)60(52)44-30-23-36-13-7-8-18-40(36)33-44/h1-7,9-17,19-35,53-58H,8,18H2. The lowest BCUT2D eigenvalue weighted by molar-refractivity contribution is 0.203. The van der Waals surface area contributed by atoms with Gasteiger partial charge in [0.1, 0.15) is 0 Å². The first kappa shape index (κ1) is 35.0. The summed E-state index contributed by atoms with van der Waals surface area (Å²) in [5, 5.41) is 16.5. The highest BCUT2D eigenvalue weighted by Crippen LogP contribution is 2.39. The van der Waals surface area contributed by atoms with Gasteiger partial charge in [-0.1, -0.05) is 140 Å². The zero-order valence-electron chi connectivity index (χ0n) is 33.1. The van der Waals surface area contributed by atoms with Crippen LogP contribution >= 0.6 is 0 Å². The molecule has 3 N–H and O–H groups in total. The Morgan fingerprint density at radius 1 is 0.383 bits per heavy atom. The first-order valence-electron chi connectivity index (χ1n) is 21.1. The lowest BCUT2D eigenvalue weighted by Crippen LogP contribution is -2.54. The Hall–Kier alpha value is -7.02. The fourth-order valence-electron chi connectivity index (χ4n) is 9.75. The highest BCUT2D eigenvalue weighted by atomic mass is 15.4. The van der Waals surface area contributed by atoms with Crippen molar-refractivity contribution < 1.29 is 0 Å². The summed E-state index contributed by atoms with van der Waals surface area (Å²) < 4.78 is 4.85. The number of nitrogens with zero attached hydrogens (tertiary/aromatic N) is 2. The van der Waals surface area contributed by atoms with E-state index in [4.69, 9.17) is 0 Å². The number of benzene rings is 8. The summed E-state index contributed by atoms with van der Waals surface area (Å²) in [5.41, 5.74) is 16.0. The van der Waals surface area contributed by atoms with Crippen molar-refractivity contribution in [2.24, 2.45) is 0 Å². The van der Waals surface area contributed by atoms with Gasteiger partial charge in [0.05, 0.1) is 40.6 Å². The van der Waals surface area contributed by atoms with E-state index in [1.165, 1.54) is 88.2 Å². The van der Waals surface area contributed by atoms with E-state index in [-0.39, 0.29) is 18.5 Å². The van der Waals surface area contributed by atoms with E-state index in [1.54, 1.807) is 0 Å². The fourth-order valence-corrected chi connectivity index (χ4v) is 9.75. The topological polar surface area (TPSA) is 46.0 Å². The van der Waals surface area contributed by atoms with Crippen LogP contribution in [0.15, 0.2) is 194 Å². The second-order valence-corrected chi connectivity index (χ2v) is 16.2. The van der Waals surface area contributed by atoms with Crippen molar-refractivity contribution in [3.8, 4) is 22.5 Å². The normalized spacial score (nSPS) is 17.8. The van der Waals surface area contributed by atoms with Gasteiger partial charge >= 0.3 is 0 Å². The predicted molar refractivity (Wildman–Crippen MR) is 248 cm³/mol. The molecule has 5 nitrogen and oxygen atoms in total. The maximum Gasteiger partial charge on any atom is 0.0864 e. The highest BCUT2D eigenvalue weighted by molar-refractivity contribution is 6.12. The molecule has 8 aromatic carbocycles. The van der Waals surface area contributed by atoms with Gasteiger partial charge in [-0.25, -0.2) is 0 Å². The average Bonchev–Trinajstić information content (AvgIpc) is 3.84. The van der Waals surface area contributed by atoms with Gasteiger partial charge in [0, 0.05) is 32.9 Å². The molecule has 0 saturated carbocycles. The lowest BCUT2D eigenvalue weighted by atomic mass is 9.97. The fraction of sp³-hybridized carbons (Fsp3) is 0.0909. The minimum atomic E-state index is -0.0572. The van der Waals surface area contributed by atoms with E-state index in [1.807, 2.05) is 0 Å². The summed E-state index contributed by atoms with van der Waals surface area (Å²) in [5.74, 6) is 0.